The van der Waals surface area contributed by atoms with Gasteiger partial charge in [-0.15, -0.1) is 0 Å². The molecule has 0 bridgehead atoms. The quantitative estimate of drug-likeness (QED) is 0.0356. The summed E-state index contributed by atoms with van der Waals surface area (Å²) in [6, 6.07) is 36.2. The van der Waals surface area contributed by atoms with Gasteiger partial charge in [0.1, 0.15) is 11.5 Å². The van der Waals surface area contributed by atoms with Crippen molar-refractivity contribution in [3.63, 3.8) is 0 Å². The van der Waals surface area contributed by atoms with Crippen LogP contribution in [0, 0.1) is 11.8 Å². The first-order valence-electron chi connectivity index (χ1n) is 20.7. The van der Waals surface area contributed by atoms with E-state index in [9.17, 15) is 39.3 Å². The second-order valence-electron chi connectivity index (χ2n) is 15.2. The maximum absolute atomic E-state index is 13.2. The molecule has 0 unspecified atom stereocenters. The van der Waals surface area contributed by atoms with Crippen LogP contribution in [0.4, 0.5) is 0 Å². The normalized spacial score (nSPS) is 12.6. The van der Waals surface area contributed by atoms with Crippen molar-refractivity contribution in [1.29, 1.82) is 0 Å². The number of carbonyl (C=O) groups is 4. The fourth-order valence-electron chi connectivity index (χ4n) is 6.94. The summed E-state index contributed by atoms with van der Waals surface area (Å²) >= 11 is 3.00. The molecular weight excluding hydrogens is 850 g/mol. The van der Waals surface area contributed by atoms with Crippen LogP contribution in [0.3, 0.4) is 0 Å². The number of methoxy groups -OCH3 is 2. The molecule has 6 N–H and O–H groups in total. The molecule has 16 heteroatoms. The average Bonchev–Trinajstić information content (AvgIpc) is 4.04. The first-order chi connectivity index (χ1) is 30.9. The second-order valence-corrected chi connectivity index (χ2v) is 16.8. The van der Waals surface area contributed by atoms with Crippen molar-refractivity contribution in [1.82, 2.24) is 10.6 Å². The highest BCUT2D eigenvalue weighted by molar-refractivity contribution is 7.08. The van der Waals surface area contributed by atoms with Gasteiger partial charge in [0.2, 0.25) is 11.8 Å². The number of hydrogen-bond acceptors (Lipinski definition) is 12. The molecule has 2 amide bonds. The predicted molar refractivity (Wildman–Crippen MR) is 251 cm³/mol. The number of ether oxygens (including phenoxy) is 2. The van der Waals surface area contributed by atoms with Gasteiger partial charge in [-0.1, -0.05) is 60.7 Å². The summed E-state index contributed by atoms with van der Waals surface area (Å²) in [4.78, 5) is 52.1. The van der Waals surface area contributed by atoms with Gasteiger partial charge in [-0.3, -0.25) is 19.2 Å². The number of benzene rings is 4. The number of hydrogen-bond donors (Lipinski definition) is 6. The zero-order chi connectivity index (χ0) is 45.8. The van der Waals surface area contributed by atoms with Gasteiger partial charge >= 0.3 is 14.2 Å². The van der Waals surface area contributed by atoms with Crippen LogP contribution in [-0.4, -0.2) is 83.8 Å². The van der Waals surface area contributed by atoms with Gasteiger partial charge in [-0.05, 0) is 130 Å². The number of thiophene rings is 2. The lowest BCUT2D eigenvalue weighted by Gasteiger charge is -2.22. The Morgan fingerprint density at radius 1 is 0.500 bits per heavy atom. The molecule has 0 saturated carbocycles. The standard InChI is InChI=1S/2C24H26BNO5S/c2*1-31-21-9-7-19(8-10-21)22(27)15-20(13-17-5-3-2-4-6-17)24(28)26-23(25(29)30)14-18-11-12-32-16-18/h2*2-12,16,20,23,29-30H,13-15H2,1H3,(H,26,28)/t20-,23+;20-,23-/m10/s1. The van der Waals surface area contributed by atoms with E-state index in [2.05, 4.69) is 10.6 Å². The minimum absolute atomic E-state index is 0.000247. The summed E-state index contributed by atoms with van der Waals surface area (Å²) in [6.07, 6.45) is 1.30. The third-order valence-electron chi connectivity index (χ3n) is 10.5. The maximum Gasteiger partial charge on any atom is 0.475 e. The number of Topliss-reactive ketones (excluding diaryl/α,β-unsaturated/α-hetero) is 2. The fraction of sp³-hybridized carbons (Fsp3) is 0.250. The largest absolute Gasteiger partial charge is 0.497 e. The first kappa shape index (κ1) is 49.2. The molecule has 0 aliphatic rings. The third kappa shape index (κ3) is 15.7. The highest BCUT2D eigenvalue weighted by Crippen LogP contribution is 2.22. The maximum atomic E-state index is 13.2. The van der Waals surface area contributed by atoms with Gasteiger partial charge in [0, 0.05) is 35.8 Å². The van der Waals surface area contributed by atoms with E-state index in [4.69, 9.17) is 9.47 Å². The lowest BCUT2D eigenvalue weighted by molar-refractivity contribution is -0.126. The number of ketones is 2. The van der Waals surface area contributed by atoms with Gasteiger partial charge in [-0.25, -0.2) is 0 Å². The van der Waals surface area contributed by atoms with Crippen LogP contribution in [0.25, 0.3) is 0 Å². The zero-order valence-corrected chi connectivity index (χ0v) is 37.3. The SMILES string of the molecule is COc1ccc(C(=O)C[C@@H](Cc2ccccc2)C(=O)N[C@@H](Cc2ccsc2)B(O)O)cc1.COc1ccc(C(=O)C[C@H](Cc2ccccc2)C(=O)N[C@@H](Cc2ccsc2)B(O)O)cc1. The van der Waals surface area contributed by atoms with Crippen LogP contribution in [-0.2, 0) is 35.3 Å². The molecule has 4 atom stereocenters. The monoisotopic (exact) mass is 902 g/mol. The molecule has 0 fully saturated rings. The molecular formula is C48H52B2N2O10S2. The van der Waals surface area contributed by atoms with E-state index in [-0.39, 0.29) is 49.1 Å². The van der Waals surface area contributed by atoms with Gasteiger partial charge in [-0.2, -0.15) is 22.7 Å². The van der Waals surface area contributed by atoms with E-state index >= 15 is 0 Å². The summed E-state index contributed by atoms with van der Waals surface area (Å²) in [5, 5.41) is 52.3. The second kappa shape index (κ2) is 25.4. The molecule has 2 aromatic heterocycles. The third-order valence-corrected chi connectivity index (χ3v) is 12.0. The summed E-state index contributed by atoms with van der Waals surface area (Å²) < 4.78 is 10.3. The molecule has 0 aliphatic heterocycles. The van der Waals surface area contributed by atoms with E-state index < -0.39 is 38.0 Å². The van der Waals surface area contributed by atoms with Crippen LogP contribution in [0.1, 0.15) is 55.8 Å². The van der Waals surface area contributed by atoms with Crippen LogP contribution >= 0.6 is 22.7 Å². The molecule has 0 aliphatic carbocycles. The first-order valence-corrected chi connectivity index (χ1v) is 22.6. The van der Waals surface area contributed by atoms with Gasteiger partial charge < -0.3 is 40.2 Å². The van der Waals surface area contributed by atoms with Crippen molar-refractivity contribution in [2.45, 2.75) is 50.4 Å². The predicted octanol–water partition coefficient (Wildman–Crippen LogP) is 5.86. The molecule has 332 valence electrons. The van der Waals surface area contributed by atoms with Crippen molar-refractivity contribution in [2.24, 2.45) is 11.8 Å². The van der Waals surface area contributed by atoms with E-state index in [1.54, 1.807) is 62.8 Å². The minimum Gasteiger partial charge on any atom is -0.497 e. The van der Waals surface area contributed by atoms with E-state index in [1.165, 1.54) is 22.7 Å². The Bertz CT molecular complexity index is 2150. The Morgan fingerprint density at radius 3 is 1.16 bits per heavy atom. The number of carbonyl (C=O) groups excluding carboxylic acids is 4. The number of amides is 2. The van der Waals surface area contributed by atoms with Crippen molar-refractivity contribution >= 4 is 60.3 Å². The van der Waals surface area contributed by atoms with Gasteiger partial charge in [0.05, 0.1) is 26.1 Å². The molecule has 2 heterocycles. The van der Waals surface area contributed by atoms with Gasteiger partial charge in [0.25, 0.3) is 0 Å². The number of rotatable bonds is 22. The van der Waals surface area contributed by atoms with Crippen LogP contribution in [0.15, 0.2) is 143 Å². The highest BCUT2D eigenvalue weighted by Gasteiger charge is 2.32. The molecule has 12 nitrogen and oxygen atoms in total. The smallest absolute Gasteiger partial charge is 0.475 e. The Labute approximate surface area is 382 Å². The van der Waals surface area contributed by atoms with Crippen LogP contribution < -0.4 is 20.1 Å². The number of nitrogens with one attached hydrogen (secondary N) is 2. The summed E-state index contributed by atoms with van der Waals surface area (Å²) in [5.41, 5.74) is 4.65. The molecule has 6 aromatic rings. The van der Waals surface area contributed by atoms with Crippen molar-refractivity contribution in [3.8, 4) is 11.5 Å². The molecule has 4 aromatic carbocycles. The molecule has 6 rings (SSSR count). The lowest BCUT2D eigenvalue weighted by atomic mass is 9.75. The molecule has 0 radical (unpaired) electrons. The van der Waals surface area contributed by atoms with E-state index in [0.29, 0.717) is 35.5 Å². The Hall–Kier alpha value is -5.87. The highest BCUT2D eigenvalue weighted by atomic mass is 32.1. The van der Waals surface area contributed by atoms with Crippen LogP contribution in [0.5, 0.6) is 11.5 Å². The molecule has 0 spiro atoms. The Kier molecular flexibility index (Phi) is 19.5. The lowest BCUT2D eigenvalue weighted by Crippen LogP contribution is -2.50. The van der Waals surface area contributed by atoms with Crippen molar-refractivity contribution in [3.05, 3.63) is 176 Å². The summed E-state index contributed by atoms with van der Waals surface area (Å²) in [5.74, 6) is -2.86. The summed E-state index contributed by atoms with van der Waals surface area (Å²) in [7, 11) is -0.319. The topological polar surface area (TPSA) is 192 Å². The Morgan fingerprint density at radius 2 is 0.859 bits per heavy atom. The Balaban J connectivity index is 0.000000241. The molecule has 64 heavy (non-hydrogen) atoms. The molecule has 0 saturated heterocycles. The summed E-state index contributed by atoms with van der Waals surface area (Å²) in [6.45, 7) is 0. The van der Waals surface area contributed by atoms with E-state index in [1.807, 2.05) is 94.3 Å². The fourth-order valence-corrected chi connectivity index (χ4v) is 8.30. The average molecular weight is 903 g/mol. The van der Waals surface area contributed by atoms with E-state index in [0.717, 1.165) is 22.3 Å². The minimum atomic E-state index is -1.71. The van der Waals surface area contributed by atoms with Crippen LogP contribution in [0.2, 0.25) is 0 Å². The zero-order valence-electron chi connectivity index (χ0n) is 35.6. The van der Waals surface area contributed by atoms with Crippen molar-refractivity contribution in [2.75, 3.05) is 14.2 Å². The van der Waals surface area contributed by atoms with Gasteiger partial charge in [0.15, 0.2) is 11.6 Å². The van der Waals surface area contributed by atoms with Crippen molar-refractivity contribution < 1.29 is 48.7 Å².